The maximum Gasteiger partial charge on any atom is 0.277 e. The van der Waals surface area contributed by atoms with Gasteiger partial charge in [-0.05, 0) is 43.9 Å². The summed E-state index contributed by atoms with van der Waals surface area (Å²) in [6, 6.07) is 6.41. The van der Waals surface area contributed by atoms with E-state index < -0.39 is 0 Å². The van der Waals surface area contributed by atoms with Crippen LogP contribution in [0.15, 0.2) is 40.4 Å². The molecular weight excluding hydrogens is 351 g/mol. The number of aryl methyl sites for hydroxylation is 1. The number of imidazole rings is 1. The van der Waals surface area contributed by atoms with Crippen LogP contribution in [-0.4, -0.2) is 19.5 Å². The number of thioether (sulfide) groups is 1. The fourth-order valence-corrected chi connectivity index (χ4v) is 4.25. The highest BCUT2D eigenvalue weighted by molar-refractivity contribution is 7.98. The van der Waals surface area contributed by atoms with Gasteiger partial charge in [0.15, 0.2) is 5.16 Å². The van der Waals surface area contributed by atoms with Gasteiger partial charge in [0, 0.05) is 28.9 Å². The van der Waals surface area contributed by atoms with Gasteiger partial charge in [-0.15, -0.1) is 0 Å². The lowest BCUT2D eigenvalue weighted by Crippen LogP contribution is -2.22. The molecule has 0 saturated carbocycles. The van der Waals surface area contributed by atoms with E-state index in [1.54, 1.807) is 18.3 Å². The molecule has 2 heterocycles. The highest BCUT2D eigenvalue weighted by Crippen LogP contribution is 2.26. The molecule has 5 nitrogen and oxygen atoms in total. The summed E-state index contributed by atoms with van der Waals surface area (Å²) in [4.78, 5) is 24.4. The van der Waals surface area contributed by atoms with Gasteiger partial charge >= 0.3 is 0 Å². The number of hydrogen-bond donors (Lipinski definition) is 1. The van der Waals surface area contributed by atoms with E-state index in [0.29, 0.717) is 17.5 Å². The van der Waals surface area contributed by atoms with Gasteiger partial charge in [0.2, 0.25) is 0 Å². The van der Waals surface area contributed by atoms with Crippen LogP contribution >= 0.6 is 11.8 Å². The Morgan fingerprint density at radius 1 is 1.27 bits per heavy atom. The lowest BCUT2D eigenvalue weighted by Gasteiger charge is -2.16. The zero-order valence-electron chi connectivity index (χ0n) is 14.5. The molecule has 4 rings (SSSR count). The van der Waals surface area contributed by atoms with Crippen LogP contribution in [0.4, 0.5) is 4.39 Å². The summed E-state index contributed by atoms with van der Waals surface area (Å²) in [7, 11) is 0. The molecule has 0 spiro atoms. The number of H-pyrrole nitrogens is 1. The molecule has 2 aromatic heterocycles. The Labute approximate surface area is 154 Å². The lowest BCUT2D eigenvalue weighted by molar-refractivity contribution is 0.609. The third-order valence-corrected chi connectivity index (χ3v) is 5.59. The van der Waals surface area contributed by atoms with E-state index in [9.17, 15) is 9.18 Å². The van der Waals surface area contributed by atoms with Crippen LogP contribution in [0.25, 0.3) is 0 Å². The maximum absolute atomic E-state index is 13.1. The van der Waals surface area contributed by atoms with Crippen molar-refractivity contribution in [2.24, 2.45) is 0 Å². The fraction of sp³-hybridized carbons (Fsp3) is 0.316. The van der Waals surface area contributed by atoms with Crippen molar-refractivity contribution in [2.75, 3.05) is 0 Å². The topological polar surface area (TPSA) is 63.6 Å². The summed E-state index contributed by atoms with van der Waals surface area (Å²) in [5, 5.41) is 0.689. The molecule has 134 valence electrons. The molecule has 0 radical (unpaired) electrons. The second-order valence-corrected chi connectivity index (χ2v) is 7.44. The first-order valence-corrected chi connectivity index (χ1v) is 9.59. The Hall–Kier alpha value is -2.41. The molecule has 7 heteroatoms. The minimum atomic E-state index is -0.250. The van der Waals surface area contributed by atoms with Gasteiger partial charge in [0.25, 0.3) is 5.56 Å². The Morgan fingerprint density at radius 2 is 2.08 bits per heavy atom. The van der Waals surface area contributed by atoms with Gasteiger partial charge in [0.05, 0.1) is 6.54 Å². The van der Waals surface area contributed by atoms with Gasteiger partial charge < -0.3 is 9.55 Å². The van der Waals surface area contributed by atoms with Gasteiger partial charge in [-0.25, -0.2) is 9.37 Å². The summed E-state index contributed by atoms with van der Waals surface area (Å²) in [5.74, 6) is 1.23. The molecule has 0 amide bonds. The average Bonchev–Trinajstić information content (AvgIpc) is 3.27. The van der Waals surface area contributed by atoms with Crippen LogP contribution in [0.2, 0.25) is 0 Å². The molecule has 0 aliphatic heterocycles. The molecular formula is C19H19FN4OS. The first kappa shape index (κ1) is 17.0. The number of fused-ring (bicyclic) bond motifs is 1. The van der Waals surface area contributed by atoms with Crippen molar-refractivity contribution >= 4 is 11.8 Å². The zero-order valence-corrected chi connectivity index (χ0v) is 15.3. The van der Waals surface area contributed by atoms with E-state index in [1.807, 2.05) is 6.92 Å². The van der Waals surface area contributed by atoms with Gasteiger partial charge in [-0.1, -0.05) is 23.9 Å². The predicted octanol–water partition coefficient (Wildman–Crippen LogP) is 3.24. The molecule has 0 fully saturated rings. The van der Waals surface area contributed by atoms with E-state index >= 15 is 0 Å². The Morgan fingerprint density at radius 3 is 2.81 bits per heavy atom. The quantitative estimate of drug-likeness (QED) is 0.553. The number of rotatable bonds is 5. The summed E-state index contributed by atoms with van der Waals surface area (Å²) >= 11 is 1.50. The molecule has 1 aromatic carbocycles. The van der Waals surface area contributed by atoms with Crippen LogP contribution in [-0.2, 0) is 25.1 Å². The smallest absolute Gasteiger partial charge is 0.277 e. The van der Waals surface area contributed by atoms with Crippen molar-refractivity contribution in [3.05, 3.63) is 75.0 Å². The van der Waals surface area contributed by atoms with Gasteiger partial charge in [-0.2, -0.15) is 4.98 Å². The lowest BCUT2D eigenvalue weighted by atomic mass is 10.2. The van der Waals surface area contributed by atoms with Crippen molar-refractivity contribution < 1.29 is 4.39 Å². The van der Waals surface area contributed by atoms with Crippen LogP contribution in [0.5, 0.6) is 0 Å². The summed E-state index contributed by atoms with van der Waals surface area (Å²) < 4.78 is 15.2. The molecule has 3 aromatic rings. The second kappa shape index (κ2) is 7.07. The minimum absolute atomic E-state index is 0.119. The maximum atomic E-state index is 13.1. The molecule has 0 saturated heterocycles. The van der Waals surface area contributed by atoms with Crippen LogP contribution < -0.4 is 5.56 Å². The Balaban J connectivity index is 1.67. The number of halogens is 1. The number of aromatic amines is 1. The summed E-state index contributed by atoms with van der Waals surface area (Å²) in [6.45, 7) is 2.53. The van der Waals surface area contributed by atoms with Crippen LogP contribution in [0.3, 0.4) is 0 Å². The fourth-order valence-electron chi connectivity index (χ4n) is 3.28. The van der Waals surface area contributed by atoms with Gasteiger partial charge in [0.1, 0.15) is 11.6 Å². The number of aromatic nitrogens is 4. The highest BCUT2D eigenvalue weighted by atomic mass is 32.2. The van der Waals surface area contributed by atoms with Crippen molar-refractivity contribution in [1.82, 2.24) is 19.5 Å². The Bertz CT molecular complexity index is 994. The number of benzene rings is 1. The summed E-state index contributed by atoms with van der Waals surface area (Å²) in [6.07, 6.45) is 4.46. The van der Waals surface area contributed by atoms with Crippen LogP contribution in [0.1, 0.15) is 34.8 Å². The second-order valence-electron chi connectivity index (χ2n) is 6.49. The van der Waals surface area contributed by atoms with E-state index in [-0.39, 0.29) is 11.4 Å². The molecule has 0 bridgehead atoms. The first-order chi connectivity index (χ1) is 12.6. The largest absolute Gasteiger partial charge is 0.345 e. The van der Waals surface area contributed by atoms with Crippen molar-refractivity contribution in [2.45, 2.75) is 43.6 Å². The van der Waals surface area contributed by atoms with Crippen molar-refractivity contribution in [3.63, 3.8) is 0 Å². The molecule has 0 atom stereocenters. The third-order valence-electron chi connectivity index (χ3n) is 4.55. The molecule has 26 heavy (non-hydrogen) atoms. The third kappa shape index (κ3) is 3.44. The zero-order chi connectivity index (χ0) is 18.1. The SMILES string of the molecule is Cc1cnc(Cn2c(SCc3ccc(F)cc3)nc(=O)c3c2CCC3)[nH]1. The minimum Gasteiger partial charge on any atom is -0.345 e. The van der Waals surface area contributed by atoms with Crippen molar-refractivity contribution in [3.8, 4) is 0 Å². The number of nitrogens with zero attached hydrogens (tertiary/aromatic N) is 3. The molecule has 1 N–H and O–H groups in total. The number of nitrogens with one attached hydrogen (secondary N) is 1. The van der Waals surface area contributed by atoms with Crippen molar-refractivity contribution in [1.29, 1.82) is 0 Å². The normalized spacial score (nSPS) is 13.2. The van der Waals surface area contributed by atoms with E-state index in [0.717, 1.165) is 47.6 Å². The monoisotopic (exact) mass is 370 g/mol. The molecule has 0 unspecified atom stereocenters. The average molecular weight is 370 g/mol. The van der Waals surface area contributed by atoms with E-state index in [2.05, 4.69) is 19.5 Å². The standard InChI is InChI=1S/C19H19FN4OS/c1-12-9-21-17(22-12)10-24-16-4-2-3-15(16)18(25)23-19(24)26-11-13-5-7-14(20)8-6-13/h5-9H,2-4,10-11H2,1H3,(H,21,22). The predicted molar refractivity (Wildman–Crippen MR) is 98.9 cm³/mol. The van der Waals surface area contributed by atoms with Gasteiger partial charge in [-0.3, -0.25) is 4.79 Å². The first-order valence-electron chi connectivity index (χ1n) is 8.60. The van der Waals surface area contributed by atoms with E-state index in [4.69, 9.17) is 0 Å². The van der Waals surface area contributed by atoms with E-state index in [1.165, 1.54) is 23.9 Å². The molecule has 1 aliphatic carbocycles. The highest BCUT2D eigenvalue weighted by Gasteiger charge is 2.22. The number of hydrogen-bond acceptors (Lipinski definition) is 4. The summed E-state index contributed by atoms with van der Waals surface area (Å²) in [5.41, 5.74) is 3.78. The molecule has 1 aliphatic rings. The Kier molecular flexibility index (Phi) is 4.63. The van der Waals surface area contributed by atoms with Crippen LogP contribution in [0, 0.1) is 12.7 Å².